The van der Waals surface area contributed by atoms with E-state index in [-0.39, 0.29) is 11.0 Å². The quantitative estimate of drug-likeness (QED) is 0.353. The van der Waals surface area contributed by atoms with Gasteiger partial charge in [-0.3, -0.25) is 19.1 Å². The van der Waals surface area contributed by atoms with Crippen LogP contribution in [-0.2, 0) is 25.2 Å². The number of hydrogen-bond donors (Lipinski definition) is 0. The lowest BCUT2D eigenvalue weighted by Crippen LogP contribution is -2.43. The summed E-state index contributed by atoms with van der Waals surface area (Å²) in [4.78, 5) is 24.5. The highest BCUT2D eigenvalue weighted by molar-refractivity contribution is 5.62. The highest BCUT2D eigenvalue weighted by atomic mass is 19.4. The van der Waals surface area contributed by atoms with Gasteiger partial charge in [0, 0.05) is 38.7 Å². The van der Waals surface area contributed by atoms with Crippen molar-refractivity contribution in [3.63, 3.8) is 0 Å². The number of aromatic nitrogens is 6. The molecule has 210 valence electrons. The number of likely N-dealkylation sites (tertiary alicyclic amines) is 1. The van der Waals surface area contributed by atoms with E-state index in [0.29, 0.717) is 29.6 Å². The Morgan fingerprint density at radius 3 is 2.60 bits per heavy atom. The number of alkyl halides is 3. The fourth-order valence-electron chi connectivity index (χ4n) is 6.67. The van der Waals surface area contributed by atoms with Crippen molar-refractivity contribution in [1.29, 1.82) is 0 Å². The van der Waals surface area contributed by atoms with E-state index in [1.165, 1.54) is 12.4 Å². The first-order valence-electron chi connectivity index (χ1n) is 13.7. The zero-order valence-electron chi connectivity index (χ0n) is 22.8. The molecule has 1 saturated heterocycles. The van der Waals surface area contributed by atoms with Gasteiger partial charge in [0.05, 0.1) is 22.2 Å². The van der Waals surface area contributed by atoms with E-state index < -0.39 is 22.9 Å². The third kappa shape index (κ3) is 4.59. The van der Waals surface area contributed by atoms with Crippen LogP contribution in [0.1, 0.15) is 62.0 Å². The average Bonchev–Trinajstić information content (AvgIpc) is 3.32. The number of nitrogens with zero attached hydrogens (tertiary/aromatic N) is 7. The van der Waals surface area contributed by atoms with Crippen molar-refractivity contribution in [3.05, 3.63) is 76.0 Å². The van der Waals surface area contributed by atoms with E-state index >= 15 is 0 Å². The summed E-state index contributed by atoms with van der Waals surface area (Å²) < 4.78 is 45.3. The minimum Gasteiger partial charge on any atom is -0.320 e. The molecule has 0 amide bonds. The Morgan fingerprint density at radius 1 is 1.12 bits per heavy atom. The number of rotatable bonds is 5. The highest BCUT2D eigenvalue weighted by Gasteiger charge is 2.48. The van der Waals surface area contributed by atoms with Crippen molar-refractivity contribution < 1.29 is 13.2 Å². The largest absolute Gasteiger partial charge is 0.419 e. The van der Waals surface area contributed by atoms with E-state index in [4.69, 9.17) is 0 Å². The van der Waals surface area contributed by atoms with Crippen LogP contribution in [0, 0.1) is 11.8 Å². The lowest BCUT2D eigenvalue weighted by molar-refractivity contribution is -0.136. The number of piperidine rings is 1. The molecule has 0 spiro atoms. The molecule has 5 heterocycles. The van der Waals surface area contributed by atoms with Crippen LogP contribution in [0.2, 0.25) is 0 Å². The maximum absolute atomic E-state index is 14.1. The molecule has 4 aromatic rings. The summed E-state index contributed by atoms with van der Waals surface area (Å²) in [5.41, 5.74) is -0.372. The second-order valence-electron chi connectivity index (χ2n) is 11.7. The van der Waals surface area contributed by atoms with Crippen molar-refractivity contribution in [1.82, 2.24) is 34.0 Å². The molecule has 4 aromatic heterocycles. The Hall–Kier alpha value is -3.60. The maximum atomic E-state index is 14.1. The van der Waals surface area contributed by atoms with E-state index in [1.807, 2.05) is 23.7 Å². The van der Waals surface area contributed by atoms with Gasteiger partial charge >= 0.3 is 6.18 Å². The molecule has 0 bridgehead atoms. The zero-order valence-corrected chi connectivity index (χ0v) is 22.8. The first-order chi connectivity index (χ1) is 19.0. The molecule has 1 aliphatic heterocycles. The fraction of sp³-hybridized carbons (Fsp3) is 0.483. The molecule has 0 N–H and O–H groups in total. The molecule has 40 heavy (non-hydrogen) atoms. The number of pyridine rings is 2. The van der Waals surface area contributed by atoms with E-state index in [2.05, 4.69) is 38.9 Å². The predicted octanol–water partition coefficient (Wildman–Crippen LogP) is 4.85. The van der Waals surface area contributed by atoms with Crippen LogP contribution >= 0.6 is 0 Å². The van der Waals surface area contributed by atoms with Gasteiger partial charge in [0.15, 0.2) is 5.65 Å². The zero-order chi connectivity index (χ0) is 28.2. The molecule has 1 saturated carbocycles. The number of halogens is 3. The topological polar surface area (TPSA) is 81.2 Å². The molecule has 2 aliphatic rings. The first-order valence-corrected chi connectivity index (χ1v) is 13.7. The van der Waals surface area contributed by atoms with Gasteiger partial charge in [-0.15, -0.1) is 10.2 Å². The minimum atomic E-state index is -4.65. The molecule has 2 fully saturated rings. The normalized spacial score (nSPS) is 23.9. The molecule has 11 heteroatoms. The monoisotopic (exact) mass is 551 g/mol. The van der Waals surface area contributed by atoms with Crippen molar-refractivity contribution in [3.8, 4) is 11.3 Å². The van der Waals surface area contributed by atoms with Gasteiger partial charge in [-0.25, -0.2) is 4.98 Å². The van der Waals surface area contributed by atoms with Crippen LogP contribution in [0.4, 0.5) is 13.2 Å². The van der Waals surface area contributed by atoms with Crippen LogP contribution < -0.4 is 5.56 Å². The summed E-state index contributed by atoms with van der Waals surface area (Å²) >= 11 is 0. The van der Waals surface area contributed by atoms with Crippen LogP contribution in [-0.4, -0.2) is 47.1 Å². The van der Waals surface area contributed by atoms with Crippen LogP contribution in [0.5, 0.6) is 0 Å². The highest BCUT2D eigenvalue weighted by Crippen LogP contribution is 2.51. The Morgan fingerprint density at radius 2 is 1.93 bits per heavy atom. The van der Waals surface area contributed by atoms with E-state index in [9.17, 15) is 18.0 Å². The van der Waals surface area contributed by atoms with Crippen LogP contribution in [0.15, 0.2) is 47.9 Å². The molecule has 0 radical (unpaired) electrons. The van der Waals surface area contributed by atoms with E-state index in [0.717, 1.165) is 60.6 Å². The molecule has 0 unspecified atom stereocenters. The summed E-state index contributed by atoms with van der Waals surface area (Å²) in [6.45, 7) is 6.30. The van der Waals surface area contributed by atoms with E-state index in [1.54, 1.807) is 12.5 Å². The Balaban J connectivity index is 1.45. The van der Waals surface area contributed by atoms with Crippen LogP contribution in [0.3, 0.4) is 0 Å². The molecule has 6 rings (SSSR count). The summed E-state index contributed by atoms with van der Waals surface area (Å²) in [6, 6.07) is 4.88. The SMILES string of the molecule is CC1CC(c2ccnc(-c3cnc4c(C(F)(F)F)cc(CN5CCC[C@H](C)C5)cn4c3=O)c2)(c2nncn2C)C1. The Kier molecular flexibility index (Phi) is 6.52. The summed E-state index contributed by atoms with van der Waals surface area (Å²) in [5.74, 6) is 1.81. The number of fused-ring (bicyclic) bond motifs is 1. The van der Waals surface area contributed by atoms with Gasteiger partial charge in [0.25, 0.3) is 5.56 Å². The second kappa shape index (κ2) is 9.79. The van der Waals surface area contributed by atoms with Crippen molar-refractivity contribution in [2.24, 2.45) is 18.9 Å². The summed E-state index contributed by atoms with van der Waals surface area (Å²) in [6.07, 6.45) is 5.21. The lowest BCUT2D eigenvalue weighted by Gasteiger charge is -2.46. The van der Waals surface area contributed by atoms with Gasteiger partial charge in [0.1, 0.15) is 12.2 Å². The number of hydrogen-bond acceptors (Lipinski definition) is 6. The molecule has 1 atom stereocenters. The molecule has 8 nitrogen and oxygen atoms in total. The molecular weight excluding hydrogens is 519 g/mol. The molecule has 1 aliphatic carbocycles. The lowest BCUT2D eigenvalue weighted by atomic mass is 9.58. The van der Waals surface area contributed by atoms with Crippen molar-refractivity contribution >= 4 is 5.65 Å². The summed E-state index contributed by atoms with van der Waals surface area (Å²) in [7, 11) is 1.90. The third-order valence-corrected chi connectivity index (χ3v) is 8.43. The number of aryl methyl sites for hydroxylation is 1. The van der Waals surface area contributed by atoms with Gasteiger partial charge in [0.2, 0.25) is 0 Å². The molecular formula is C29H32F3N7O. The van der Waals surface area contributed by atoms with Gasteiger partial charge in [-0.05, 0) is 73.4 Å². The van der Waals surface area contributed by atoms with Gasteiger partial charge in [-0.1, -0.05) is 13.8 Å². The van der Waals surface area contributed by atoms with Crippen LogP contribution in [0.25, 0.3) is 16.9 Å². The van der Waals surface area contributed by atoms with Crippen molar-refractivity contribution in [2.45, 2.75) is 57.7 Å². The second-order valence-corrected chi connectivity index (χ2v) is 11.7. The first kappa shape index (κ1) is 26.6. The van der Waals surface area contributed by atoms with Gasteiger partial charge in [-0.2, -0.15) is 13.2 Å². The Labute approximate surface area is 229 Å². The standard InChI is InChI=1S/C29H32F3N7O/c1-18-5-4-8-38(14-18)15-20-9-23(29(30,31)32)25-34-13-22(26(40)39(25)16-20)24-10-21(6-7-33-24)28(11-19(2)12-28)27-36-35-17-37(27)3/h6-7,9-10,13,16-19H,4-5,8,11-12,14-15H2,1-3H3/t18-,19?,28?/m0/s1. The smallest absolute Gasteiger partial charge is 0.320 e. The average molecular weight is 552 g/mol. The fourth-order valence-corrected chi connectivity index (χ4v) is 6.67. The Bertz CT molecular complexity index is 1620. The van der Waals surface area contributed by atoms with Crippen molar-refractivity contribution in [2.75, 3.05) is 13.1 Å². The minimum absolute atomic E-state index is 0.150. The summed E-state index contributed by atoms with van der Waals surface area (Å²) in [5, 5.41) is 8.45. The maximum Gasteiger partial charge on any atom is 0.419 e. The molecule has 0 aromatic carbocycles. The predicted molar refractivity (Wildman–Crippen MR) is 144 cm³/mol. The third-order valence-electron chi connectivity index (χ3n) is 8.43. The van der Waals surface area contributed by atoms with Gasteiger partial charge < -0.3 is 4.57 Å².